The van der Waals surface area contributed by atoms with Crippen LogP contribution in [-0.4, -0.2) is 35.9 Å². The maximum Gasteiger partial charge on any atom is 0.219 e. The average molecular weight is 249 g/mol. The van der Waals surface area contributed by atoms with Crippen LogP contribution in [0.3, 0.4) is 0 Å². The zero-order chi connectivity index (χ0) is 13.8. The largest absolute Gasteiger partial charge is 0.368 e. The van der Waals surface area contributed by atoms with Gasteiger partial charge in [-0.2, -0.15) is 0 Å². The quantitative estimate of drug-likeness (QED) is 0.890. The summed E-state index contributed by atoms with van der Waals surface area (Å²) in [6, 6.07) is 4.10. The van der Waals surface area contributed by atoms with Crippen molar-refractivity contribution >= 4 is 11.7 Å². The Morgan fingerprint density at radius 1 is 1.44 bits per heavy atom. The van der Waals surface area contributed by atoms with Crippen LogP contribution in [0.1, 0.15) is 33.3 Å². The van der Waals surface area contributed by atoms with E-state index in [0.29, 0.717) is 13.1 Å². The molecule has 0 aliphatic rings. The number of hydrogen-bond donors (Lipinski definition) is 1. The summed E-state index contributed by atoms with van der Waals surface area (Å²) in [5, 5.41) is 3.24. The number of hydrogen-bond acceptors (Lipinski definition) is 3. The molecule has 0 saturated carbocycles. The first kappa shape index (κ1) is 14.5. The Labute approximate surface area is 109 Å². The first-order chi connectivity index (χ1) is 8.30. The molecular formula is C14H23N3O. The normalized spacial score (nSPS) is 11.2. The summed E-state index contributed by atoms with van der Waals surface area (Å²) in [4.78, 5) is 17.0. The monoisotopic (exact) mass is 249 g/mol. The van der Waals surface area contributed by atoms with E-state index in [-0.39, 0.29) is 11.3 Å². The molecule has 18 heavy (non-hydrogen) atoms. The highest BCUT2D eigenvalue weighted by molar-refractivity contribution is 5.72. The van der Waals surface area contributed by atoms with E-state index in [2.05, 4.69) is 37.1 Å². The van der Waals surface area contributed by atoms with E-state index in [1.165, 1.54) is 5.56 Å². The molecule has 0 spiro atoms. The molecule has 1 rings (SSSR count). The van der Waals surface area contributed by atoms with Gasteiger partial charge in [0.25, 0.3) is 0 Å². The van der Waals surface area contributed by atoms with E-state index >= 15 is 0 Å². The lowest BCUT2D eigenvalue weighted by Gasteiger charge is -2.20. The van der Waals surface area contributed by atoms with Gasteiger partial charge in [0.05, 0.1) is 0 Å². The molecule has 100 valence electrons. The van der Waals surface area contributed by atoms with Crippen molar-refractivity contribution in [1.82, 2.24) is 9.88 Å². The SMILES string of the molecule is CC(=O)N(C)CCNc1cc(C(C)(C)C)ccn1. The standard InChI is InChI=1S/C14H23N3O/c1-11(18)17(5)9-8-16-13-10-12(6-7-15-13)14(2,3)4/h6-7,10H,8-9H2,1-5H3,(H,15,16). The Morgan fingerprint density at radius 3 is 2.67 bits per heavy atom. The predicted octanol–water partition coefficient (Wildman–Crippen LogP) is 2.27. The van der Waals surface area contributed by atoms with Crippen molar-refractivity contribution < 1.29 is 4.79 Å². The molecule has 1 heterocycles. The van der Waals surface area contributed by atoms with E-state index < -0.39 is 0 Å². The maximum absolute atomic E-state index is 11.1. The fraction of sp³-hybridized carbons (Fsp3) is 0.571. The van der Waals surface area contributed by atoms with Crippen LogP contribution in [0, 0.1) is 0 Å². The van der Waals surface area contributed by atoms with Crippen LogP contribution in [0.25, 0.3) is 0 Å². The molecule has 0 radical (unpaired) electrons. The van der Waals surface area contributed by atoms with Crippen molar-refractivity contribution in [2.75, 3.05) is 25.5 Å². The van der Waals surface area contributed by atoms with Crippen molar-refractivity contribution in [1.29, 1.82) is 0 Å². The van der Waals surface area contributed by atoms with Crippen molar-refractivity contribution in [3.63, 3.8) is 0 Å². The Hall–Kier alpha value is -1.58. The molecule has 1 aromatic heterocycles. The topological polar surface area (TPSA) is 45.2 Å². The lowest BCUT2D eigenvalue weighted by Crippen LogP contribution is -2.29. The van der Waals surface area contributed by atoms with Crippen LogP contribution in [-0.2, 0) is 10.2 Å². The van der Waals surface area contributed by atoms with Crippen LogP contribution in [0.15, 0.2) is 18.3 Å². The molecule has 4 nitrogen and oxygen atoms in total. The van der Waals surface area contributed by atoms with E-state index in [4.69, 9.17) is 0 Å². The molecule has 4 heteroatoms. The van der Waals surface area contributed by atoms with E-state index in [1.54, 1.807) is 18.9 Å². The van der Waals surface area contributed by atoms with Gasteiger partial charge in [-0.1, -0.05) is 20.8 Å². The number of nitrogens with one attached hydrogen (secondary N) is 1. The van der Waals surface area contributed by atoms with Crippen molar-refractivity contribution in [2.24, 2.45) is 0 Å². The Bertz CT molecular complexity index is 410. The van der Waals surface area contributed by atoms with Crippen LogP contribution in [0.4, 0.5) is 5.82 Å². The third-order valence-electron chi connectivity index (χ3n) is 2.92. The second-order valence-corrected chi connectivity index (χ2v) is 5.55. The van der Waals surface area contributed by atoms with Gasteiger partial charge < -0.3 is 10.2 Å². The van der Waals surface area contributed by atoms with Gasteiger partial charge in [0.15, 0.2) is 0 Å². The van der Waals surface area contributed by atoms with Gasteiger partial charge in [0, 0.05) is 33.3 Å². The minimum Gasteiger partial charge on any atom is -0.368 e. The second-order valence-electron chi connectivity index (χ2n) is 5.55. The number of rotatable bonds is 4. The molecule has 0 saturated heterocycles. The summed E-state index contributed by atoms with van der Waals surface area (Å²) in [7, 11) is 1.79. The van der Waals surface area contributed by atoms with E-state index in [0.717, 1.165) is 5.82 Å². The highest BCUT2D eigenvalue weighted by Gasteiger charge is 2.13. The summed E-state index contributed by atoms with van der Waals surface area (Å²) in [6.07, 6.45) is 1.82. The van der Waals surface area contributed by atoms with Gasteiger partial charge in [-0.15, -0.1) is 0 Å². The average Bonchev–Trinajstić information content (AvgIpc) is 2.28. The number of pyridine rings is 1. The predicted molar refractivity (Wildman–Crippen MR) is 74.7 cm³/mol. The first-order valence-electron chi connectivity index (χ1n) is 6.23. The molecule has 0 aromatic carbocycles. The van der Waals surface area contributed by atoms with Gasteiger partial charge in [-0.3, -0.25) is 4.79 Å². The molecule has 0 fully saturated rings. The molecular weight excluding hydrogens is 226 g/mol. The van der Waals surface area contributed by atoms with Crippen molar-refractivity contribution in [3.05, 3.63) is 23.9 Å². The fourth-order valence-corrected chi connectivity index (χ4v) is 1.50. The minimum absolute atomic E-state index is 0.0770. The van der Waals surface area contributed by atoms with Gasteiger partial charge in [0.1, 0.15) is 5.82 Å². The summed E-state index contributed by atoms with van der Waals surface area (Å²) in [5.74, 6) is 0.938. The van der Waals surface area contributed by atoms with Gasteiger partial charge in [0.2, 0.25) is 5.91 Å². The van der Waals surface area contributed by atoms with Gasteiger partial charge in [-0.05, 0) is 23.1 Å². The fourth-order valence-electron chi connectivity index (χ4n) is 1.50. The summed E-state index contributed by atoms with van der Waals surface area (Å²) in [5.41, 5.74) is 1.37. The van der Waals surface area contributed by atoms with Crippen LogP contribution in [0.5, 0.6) is 0 Å². The highest BCUT2D eigenvalue weighted by atomic mass is 16.2. The number of amides is 1. The molecule has 0 aliphatic heterocycles. The van der Waals surface area contributed by atoms with Crippen LogP contribution in [0.2, 0.25) is 0 Å². The van der Waals surface area contributed by atoms with Crippen LogP contribution < -0.4 is 5.32 Å². The van der Waals surface area contributed by atoms with Gasteiger partial charge in [-0.25, -0.2) is 4.98 Å². The number of aromatic nitrogens is 1. The number of nitrogens with zero attached hydrogens (tertiary/aromatic N) is 2. The Balaban J connectivity index is 2.56. The van der Waals surface area contributed by atoms with Crippen molar-refractivity contribution in [3.8, 4) is 0 Å². The maximum atomic E-state index is 11.1. The molecule has 0 bridgehead atoms. The molecule has 1 amide bonds. The molecule has 0 atom stereocenters. The molecule has 1 N–H and O–H groups in total. The van der Waals surface area contributed by atoms with E-state index in [1.807, 2.05) is 12.3 Å². The van der Waals surface area contributed by atoms with E-state index in [9.17, 15) is 4.79 Å². The summed E-state index contributed by atoms with van der Waals surface area (Å²) < 4.78 is 0. The smallest absolute Gasteiger partial charge is 0.219 e. The Kier molecular flexibility index (Phi) is 4.70. The molecule has 0 unspecified atom stereocenters. The zero-order valence-corrected chi connectivity index (χ0v) is 11.9. The number of carbonyl (C=O) groups is 1. The summed E-state index contributed by atoms with van der Waals surface area (Å²) >= 11 is 0. The lowest BCUT2D eigenvalue weighted by atomic mass is 9.88. The molecule has 0 aliphatic carbocycles. The third kappa shape index (κ3) is 4.35. The zero-order valence-electron chi connectivity index (χ0n) is 11.9. The number of likely N-dealkylation sites (N-methyl/N-ethyl adjacent to an activating group) is 1. The summed E-state index contributed by atoms with van der Waals surface area (Å²) in [6.45, 7) is 9.48. The molecule has 1 aromatic rings. The van der Waals surface area contributed by atoms with Crippen molar-refractivity contribution in [2.45, 2.75) is 33.1 Å². The highest BCUT2D eigenvalue weighted by Crippen LogP contribution is 2.23. The first-order valence-corrected chi connectivity index (χ1v) is 6.23. The third-order valence-corrected chi connectivity index (χ3v) is 2.92. The number of anilines is 1. The second kappa shape index (κ2) is 5.85. The lowest BCUT2D eigenvalue weighted by molar-refractivity contribution is -0.127. The van der Waals surface area contributed by atoms with Crippen LogP contribution >= 0.6 is 0 Å². The minimum atomic E-state index is 0.0770. The number of carbonyl (C=O) groups excluding carboxylic acids is 1. The van der Waals surface area contributed by atoms with Gasteiger partial charge >= 0.3 is 0 Å². The Morgan fingerprint density at radius 2 is 2.11 bits per heavy atom.